The van der Waals surface area contributed by atoms with Gasteiger partial charge in [-0.3, -0.25) is 4.57 Å². The normalized spacial score (nSPS) is 10.6. The Balaban J connectivity index is 1.28. The van der Waals surface area contributed by atoms with E-state index in [0.29, 0.717) is 18.0 Å². The molecule has 0 aliphatic rings. The SMILES string of the molecule is CSCCCNC(=O)n1ccc2cc(Oc3ccnc(OC(=O)N(C(=O)Oc4ccccc4)c4ccccc4)c3)ccc21. The van der Waals surface area contributed by atoms with E-state index in [1.54, 1.807) is 107 Å². The Morgan fingerprint density at radius 2 is 1.56 bits per heavy atom. The van der Waals surface area contributed by atoms with Gasteiger partial charge in [-0.25, -0.2) is 19.4 Å². The molecule has 11 heteroatoms. The number of nitrogens with zero attached hydrogens (tertiary/aromatic N) is 3. The molecule has 0 unspecified atom stereocenters. The van der Waals surface area contributed by atoms with Gasteiger partial charge in [-0.15, -0.1) is 0 Å². The van der Waals surface area contributed by atoms with E-state index in [0.717, 1.165) is 28.0 Å². The molecule has 2 aromatic heterocycles. The third-order valence-corrected chi connectivity index (χ3v) is 6.84. The molecule has 5 aromatic rings. The highest BCUT2D eigenvalue weighted by Gasteiger charge is 2.28. The van der Waals surface area contributed by atoms with Crippen LogP contribution in [0.3, 0.4) is 0 Å². The number of hydrogen-bond donors (Lipinski definition) is 1. The number of benzene rings is 3. The Bertz CT molecular complexity index is 1710. The largest absolute Gasteiger partial charge is 0.457 e. The maximum atomic E-state index is 13.2. The lowest BCUT2D eigenvalue weighted by molar-refractivity contribution is 0.189. The summed E-state index contributed by atoms with van der Waals surface area (Å²) in [6.45, 7) is 0.604. The first-order chi connectivity index (χ1) is 21.0. The van der Waals surface area contributed by atoms with Gasteiger partial charge in [0.25, 0.3) is 0 Å². The average Bonchev–Trinajstić information content (AvgIpc) is 3.44. The summed E-state index contributed by atoms with van der Waals surface area (Å²) in [6, 6.07) is 26.7. The van der Waals surface area contributed by atoms with Gasteiger partial charge in [0, 0.05) is 30.4 Å². The number of fused-ring (bicyclic) bond motifs is 1. The summed E-state index contributed by atoms with van der Waals surface area (Å²) in [4.78, 5) is 43.7. The van der Waals surface area contributed by atoms with Crippen LogP contribution in [0.25, 0.3) is 10.9 Å². The molecule has 0 radical (unpaired) electrons. The number of carbonyl (C=O) groups excluding carboxylic acids is 3. The van der Waals surface area contributed by atoms with Gasteiger partial charge in [0.05, 0.1) is 11.2 Å². The van der Waals surface area contributed by atoms with Crippen molar-refractivity contribution in [1.29, 1.82) is 0 Å². The van der Waals surface area contributed by atoms with E-state index < -0.39 is 12.2 Å². The van der Waals surface area contributed by atoms with E-state index in [1.807, 2.05) is 12.3 Å². The van der Waals surface area contributed by atoms with Crippen LogP contribution in [0.5, 0.6) is 23.1 Å². The highest BCUT2D eigenvalue weighted by atomic mass is 32.2. The van der Waals surface area contributed by atoms with Crippen LogP contribution in [-0.2, 0) is 0 Å². The standard InChI is InChI=1S/C32H28N4O6S/c1-43-20-8-17-34-30(37)35-19-16-23-21-26(13-14-28(23)35)40-27-15-18-33-29(22-27)42-32(39)36(24-9-4-2-5-10-24)31(38)41-25-11-6-3-7-12-25/h2-7,9-16,18-19,21-22H,8,17,20H2,1H3,(H,34,37). The summed E-state index contributed by atoms with van der Waals surface area (Å²) >= 11 is 1.74. The average molecular weight is 597 g/mol. The van der Waals surface area contributed by atoms with E-state index in [2.05, 4.69) is 10.3 Å². The van der Waals surface area contributed by atoms with Crippen LogP contribution in [0.1, 0.15) is 6.42 Å². The zero-order valence-corrected chi connectivity index (χ0v) is 24.0. The summed E-state index contributed by atoms with van der Waals surface area (Å²) in [6.07, 6.45) is 4.11. The maximum Gasteiger partial charge on any atom is 0.430 e. The van der Waals surface area contributed by atoms with E-state index in [-0.39, 0.29) is 23.3 Å². The van der Waals surface area contributed by atoms with Crippen molar-refractivity contribution in [1.82, 2.24) is 14.9 Å². The lowest BCUT2D eigenvalue weighted by Gasteiger charge is -2.19. The molecule has 43 heavy (non-hydrogen) atoms. The third kappa shape index (κ3) is 7.52. The van der Waals surface area contributed by atoms with Gasteiger partial charge in [-0.1, -0.05) is 36.4 Å². The molecule has 0 aliphatic heterocycles. The first-order valence-corrected chi connectivity index (χ1v) is 14.8. The smallest absolute Gasteiger partial charge is 0.430 e. The Morgan fingerprint density at radius 1 is 0.837 bits per heavy atom. The van der Waals surface area contributed by atoms with Crippen molar-refractivity contribution in [3.8, 4) is 23.1 Å². The number of aromatic nitrogens is 2. The number of amides is 3. The molecule has 0 saturated heterocycles. The first kappa shape index (κ1) is 29.2. The molecule has 218 valence electrons. The molecule has 10 nitrogen and oxygen atoms in total. The fourth-order valence-electron chi connectivity index (χ4n) is 4.14. The number of ether oxygens (including phenoxy) is 3. The number of anilines is 1. The number of nitrogens with one attached hydrogen (secondary N) is 1. The number of imide groups is 1. The lowest BCUT2D eigenvalue weighted by Crippen LogP contribution is -2.41. The molecular weight excluding hydrogens is 568 g/mol. The molecule has 0 aliphatic carbocycles. The minimum atomic E-state index is -1.01. The van der Waals surface area contributed by atoms with E-state index in [9.17, 15) is 14.4 Å². The van der Waals surface area contributed by atoms with Crippen molar-refractivity contribution >= 4 is 46.6 Å². The van der Waals surface area contributed by atoms with Crippen LogP contribution >= 0.6 is 11.8 Å². The monoisotopic (exact) mass is 596 g/mol. The number of hydrogen-bond acceptors (Lipinski definition) is 8. The molecular formula is C32H28N4O6S. The Hall–Kier alpha value is -5.29. The maximum absolute atomic E-state index is 13.2. The predicted molar refractivity (Wildman–Crippen MR) is 165 cm³/mol. The summed E-state index contributed by atoms with van der Waals surface area (Å²) in [5.74, 6) is 2.03. The van der Waals surface area contributed by atoms with E-state index >= 15 is 0 Å². The van der Waals surface area contributed by atoms with Crippen LogP contribution < -0.4 is 24.4 Å². The summed E-state index contributed by atoms with van der Waals surface area (Å²) < 4.78 is 18.4. The van der Waals surface area contributed by atoms with Crippen molar-refractivity contribution in [2.75, 3.05) is 23.5 Å². The fourth-order valence-corrected chi connectivity index (χ4v) is 4.57. The molecule has 0 fully saturated rings. The van der Waals surface area contributed by atoms with Crippen LogP contribution in [0, 0.1) is 0 Å². The van der Waals surface area contributed by atoms with Crippen molar-refractivity contribution in [3.63, 3.8) is 0 Å². The van der Waals surface area contributed by atoms with Gasteiger partial charge < -0.3 is 19.5 Å². The Labute approximate surface area is 252 Å². The second kappa shape index (κ2) is 14.1. The number of pyridine rings is 1. The predicted octanol–water partition coefficient (Wildman–Crippen LogP) is 7.34. The summed E-state index contributed by atoms with van der Waals surface area (Å²) in [5, 5.41) is 3.74. The zero-order chi connectivity index (χ0) is 30.0. The molecule has 3 aromatic carbocycles. The molecule has 0 bridgehead atoms. The van der Waals surface area contributed by atoms with E-state index in [1.165, 1.54) is 12.3 Å². The zero-order valence-electron chi connectivity index (χ0n) is 23.2. The van der Waals surface area contributed by atoms with Gasteiger partial charge in [0.15, 0.2) is 0 Å². The fraction of sp³-hybridized carbons (Fsp3) is 0.125. The van der Waals surface area contributed by atoms with Gasteiger partial charge in [0.1, 0.15) is 17.2 Å². The summed E-state index contributed by atoms with van der Waals surface area (Å²) in [5.41, 5.74) is 0.997. The van der Waals surface area contributed by atoms with Crippen LogP contribution in [0.2, 0.25) is 0 Å². The van der Waals surface area contributed by atoms with Gasteiger partial charge in [-0.05, 0) is 73.0 Å². The van der Waals surface area contributed by atoms with Crippen molar-refractivity contribution in [3.05, 3.63) is 109 Å². The minimum Gasteiger partial charge on any atom is -0.457 e. The molecule has 0 spiro atoms. The number of carbonyl (C=O) groups is 3. The molecule has 1 N–H and O–H groups in total. The van der Waals surface area contributed by atoms with Crippen molar-refractivity contribution in [2.24, 2.45) is 0 Å². The van der Waals surface area contributed by atoms with Gasteiger partial charge in [0.2, 0.25) is 5.88 Å². The second-order valence-corrected chi connectivity index (χ2v) is 10.1. The highest BCUT2D eigenvalue weighted by Crippen LogP contribution is 2.28. The lowest BCUT2D eigenvalue weighted by atomic mass is 10.2. The highest BCUT2D eigenvalue weighted by molar-refractivity contribution is 7.98. The second-order valence-electron chi connectivity index (χ2n) is 9.14. The molecule has 0 saturated carbocycles. The minimum absolute atomic E-state index is 0.0821. The number of para-hydroxylation sites is 2. The number of rotatable bonds is 9. The van der Waals surface area contributed by atoms with Crippen molar-refractivity contribution in [2.45, 2.75) is 6.42 Å². The molecule has 5 rings (SSSR count). The van der Waals surface area contributed by atoms with Gasteiger partial charge in [-0.2, -0.15) is 16.7 Å². The number of thioether (sulfide) groups is 1. The molecule has 0 atom stereocenters. The van der Waals surface area contributed by atoms with Crippen molar-refractivity contribution < 1.29 is 28.6 Å². The topological polar surface area (TPSA) is 112 Å². The first-order valence-electron chi connectivity index (χ1n) is 13.4. The Kier molecular flexibility index (Phi) is 9.55. The van der Waals surface area contributed by atoms with Gasteiger partial charge >= 0.3 is 18.2 Å². The van der Waals surface area contributed by atoms with E-state index in [4.69, 9.17) is 14.2 Å². The molecule has 3 amide bonds. The van der Waals surface area contributed by atoms with Crippen LogP contribution in [0.4, 0.5) is 20.1 Å². The summed E-state index contributed by atoms with van der Waals surface area (Å²) in [7, 11) is 0. The van der Waals surface area contributed by atoms with Crippen LogP contribution in [0.15, 0.2) is 109 Å². The quantitative estimate of drug-likeness (QED) is 0.176. The Morgan fingerprint density at radius 3 is 2.33 bits per heavy atom. The molecule has 2 heterocycles. The van der Waals surface area contributed by atoms with Crippen LogP contribution in [-0.4, -0.2) is 46.3 Å². The third-order valence-electron chi connectivity index (χ3n) is 6.14.